The van der Waals surface area contributed by atoms with Crippen molar-refractivity contribution in [3.05, 3.63) is 29.8 Å². The summed E-state index contributed by atoms with van der Waals surface area (Å²) >= 11 is 0. The fourth-order valence-corrected chi connectivity index (χ4v) is 2.45. The number of benzene rings is 1. The van der Waals surface area contributed by atoms with Crippen molar-refractivity contribution in [2.24, 2.45) is 0 Å². The largest absolute Gasteiger partial charge is 0.468 e. The Morgan fingerprint density at radius 3 is 2.88 bits per heavy atom. The summed E-state index contributed by atoms with van der Waals surface area (Å²) in [6.45, 7) is 0.572. The molecule has 1 heterocycles. The van der Waals surface area contributed by atoms with Gasteiger partial charge in [0.15, 0.2) is 0 Å². The molecule has 0 unspecified atom stereocenters. The number of hydrogen-bond donors (Lipinski definition) is 2. The summed E-state index contributed by atoms with van der Waals surface area (Å²) in [6.07, 6.45) is 3.30. The van der Waals surface area contributed by atoms with Crippen molar-refractivity contribution in [1.29, 1.82) is 0 Å². The smallest absolute Gasteiger partial charge is 0.325 e. The van der Waals surface area contributed by atoms with Crippen molar-refractivity contribution in [1.82, 2.24) is 5.32 Å². The minimum atomic E-state index is -0.526. The Hall–Kier alpha value is -2.41. The first-order valence-electron chi connectivity index (χ1n) is 7.95. The van der Waals surface area contributed by atoms with Crippen molar-refractivity contribution in [2.45, 2.75) is 31.8 Å². The molecule has 24 heavy (non-hydrogen) atoms. The predicted octanol–water partition coefficient (Wildman–Crippen LogP) is 1.49. The molecule has 0 saturated carbocycles. The molecular weight excluding hydrogens is 312 g/mol. The highest BCUT2D eigenvalue weighted by molar-refractivity contribution is 5.98. The fourth-order valence-electron chi connectivity index (χ4n) is 2.45. The lowest BCUT2D eigenvalue weighted by atomic mass is 10.1. The van der Waals surface area contributed by atoms with E-state index in [0.29, 0.717) is 24.1 Å². The van der Waals surface area contributed by atoms with Gasteiger partial charge in [-0.3, -0.25) is 14.4 Å². The molecule has 2 N–H and O–H groups in total. The van der Waals surface area contributed by atoms with E-state index >= 15 is 0 Å². The molecule has 7 nitrogen and oxygen atoms in total. The Labute approximate surface area is 140 Å². The molecule has 0 spiro atoms. The van der Waals surface area contributed by atoms with Crippen LogP contribution in [0.3, 0.4) is 0 Å². The van der Waals surface area contributed by atoms with Gasteiger partial charge in [0.25, 0.3) is 5.91 Å². The van der Waals surface area contributed by atoms with E-state index in [4.69, 9.17) is 4.74 Å². The highest BCUT2D eigenvalue weighted by Crippen LogP contribution is 2.17. The number of anilines is 1. The maximum Gasteiger partial charge on any atom is 0.325 e. The normalized spacial score (nSPS) is 16.5. The Morgan fingerprint density at radius 2 is 2.17 bits per heavy atom. The minimum absolute atomic E-state index is 0.113. The lowest BCUT2D eigenvalue weighted by Gasteiger charge is -2.10. The van der Waals surface area contributed by atoms with Gasteiger partial charge in [-0.2, -0.15) is 0 Å². The molecule has 1 aliphatic rings. The van der Waals surface area contributed by atoms with Gasteiger partial charge in [-0.15, -0.1) is 0 Å². The lowest BCUT2D eigenvalue weighted by Crippen LogP contribution is -2.30. The van der Waals surface area contributed by atoms with E-state index in [1.807, 2.05) is 0 Å². The maximum absolute atomic E-state index is 12.0. The van der Waals surface area contributed by atoms with E-state index in [9.17, 15) is 14.4 Å². The molecule has 1 atom stereocenters. The second-order valence-corrected chi connectivity index (χ2v) is 5.56. The number of ether oxygens (including phenoxy) is 2. The summed E-state index contributed by atoms with van der Waals surface area (Å²) in [5, 5.41) is 5.22. The molecule has 1 fully saturated rings. The minimum Gasteiger partial charge on any atom is -0.468 e. The number of hydrogen-bond acceptors (Lipinski definition) is 5. The van der Waals surface area contributed by atoms with Crippen molar-refractivity contribution in [3.63, 3.8) is 0 Å². The Balaban J connectivity index is 1.83. The number of methoxy groups -OCH3 is 1. The van der Waals surface area contributed by atoms with Crippen molar-refractivity contribution in [2.75, 3.05) is 25.6 Å². The Morgan fingerprint density at radius 1 is 1.33 bits per heavy atom. The average Bonchev–Trinajstić information content (AvgIpc) is 3.11. The van der Waals surface area contributed by atoms with Gasteiger partial charge in [-0.1, -0.05) is 6.07 Å². The van der Waals surface area contributed by atoms with Gasteiger partial charge < -0.3 is 20.1 Å². The van der Waals surface area contributed by atoms with Gasteiger partial charge >= 0.3 is 5.97 Å². The van der Waals surface area contributed by atoms with Crippen molar-refractivity contribution in [3.8, 4) is 0 Å². The number of nitrogens with one attached hydrogen (secondary N) is 2. The summed E-state index contributed by atoms with van der Waals surface area (Å²) in [5.41, 5.74) is 0.897. The van der Waals surface area contributed by atoms with Crippen LogP contribution in [0.5, 0.6) is 0 Å². The lowest BCUT2D eigenvalue weighted by molar-refractivity contribution is -0.139. The fraction of sp³-hybridized carbons (Fsp3) is 0.471. The average molecular weight is 334 g/mol. The van der Waals surface area contributed by atoms with Crippen LogP contribution in [0.2, 0.25) is 0 Å². The molecule has 0 aliphatic carbocycles. The number of amides is 2. The molecule has 2 amide bonds. The van der Waals surface area contributed by atoms with Gasteiger partial charge in [0.2, 0.25) is 5.91 Å². The highest BCUT2D eigenvalue weighted by Gasteiger charge is 2.17. The first-order chi connectivity index (χ1) is 11.6. The van der Waals surface area contributed by atoms with Crippen LogP contribution in [-0.4, -0.2) is 44.1 Å². The van der Waals surface area contributed by atoms with Gasteiger partial charge in [0.1, 0.15) is 6.54 Å². The monoisotopic (exact) mass is 334 g/mol. The summed E-state index contributed by atoms with van der Waals surface area (Å²) in [6, 6.07) is 6.55. The number of esters is 1. The Kier molecular flexibility index (Phi) is 6.74. The molecule has 1 saturated heterocycles. The van der Waals surface area contributed by atoms with Crippen LogP contribution in [0.25, 0.3) is 0 Å². The zero-order valence-electron chi connectivity index (χ0n) is 13.7. The topological polar surface area (TPSA) is 93.7 Å². The molecule has 0 bridgehead atoms. The molecule has 1 aromatic rings. The van der Waals surface area contributed by atoms with Gasteiger partial charge in [-0.25, -0.2) is 0 Å². The van der Waals surface area contributed by atoms with E-state index in [0.717, 1.165) is 19.4 Å². The van der Waals surface area contributed by atoms with Crippen molar-refractivity contribution < 1.29 is 23.9 Å². The van der Waals surface area contributed by atoms with Crippen LogP contribution in [0.15, 0.2) is 24.3 Å². The van der Waals surface area contributed by atoms with E-state index in [-0.39, 0.29) is 18.6 Å². The third kappa shape index (κ3) is 5.66. The van der Waals surface area contributed by atoms with Gasteiger partial charge in [-0.05, 0) is 37.5 Å². The standard InChI is InChI=1S/C17H22N2O5/c1-23-16(21)11-18-17(22)12-4-2-5-13(10-12)19-15(20)8-7-14-6-3-9-24-14/h2,4-5,10,14H,3,6-9,11H2,1H3,(H,18,22)(H,19,20)/t14-/m0/s1. The maximum atomic E-state index is 12.0. The molecule has 1 aromatic carbocycles. The van der Waals surface area contributed by atoms with Crippen LogP contribution >= 0.6 is 0 Å². The molecule has 7 heteroatoms. The summed E-state index contributed by atoms with van der Waals surface area (Å²) in [4.78, 5) is 35.0. The predicted molar refractivity (Wildman–Crippen MR) is 87.6 cm³/mol. The quantitative estimate of drug-likeness (QED) is 0.737. The highest BCUT2D eigenvalue weighted by atomic mass is 16.5. The van der Waals surface area contributed by atoms with Crippen LogP contribution in [0.4, 0.5) is 5.69 Å². The third-order valence-electron chi connectivity index (χ3n) is 3.75. The van der Waals surface area contributed by atoms with Crippen LogP contribution in [-0.2, 0) is 19.1 Å². The molecule has 0 radical (unpaired) electrons. The molecule has 1 aliphatic heterocycles. The van der Waals surface area contributed by atoms with Crippen LogP contribution in [0.1, 0.15) is 36.0 Å². The molecular formula is C17H22N2O5. The zero-order chi connectivity index (χ0) is 17.4. The SMILES string of the molecule is COC(=O)CNC(=O)c1cccc(NC(=O)CC[C@@H]2CCCO2)c1. The first-order valence-corrected chi connectivity index (χ1v) is 7.95. The molecule has 0 aromatic heterocycles. The second kappa shape index (κ2) is 9.02. The molecule has 130 valence electrons. The summed E-state index contributed by atoms with van der Waals surface area (Å²) < 4.78 is 9.95. The van der Waals surface area contributed by atoms with E-state index < -0.39 is 11.9 Å². The van der Waals surface area contributed by atoms with E-state index in [1.54, 1.807) is 24.3 Å². The summed E-state index contributed by atoms with van der Waals surface area (Å²) in [7, 11) is 1.25. The second-order valence-electron chi connectivity index (χ2n) is 5.56. The number of carbonyl (C=O) groups is 3. The number of rotatable bonds is 7. The summed E-state index contributed by atoms with van der Waals surface area (Å²) in [5.74, 6) is -1.05. The van der Waals surface area contributed by atoms with Crippen LogP contribution in [0, 0.1) is 0 Å². The van der Waals surface area contributed by atoms with E-state index in [2.05, 4.69) is 15.4 Å². The van der Waals surface area contributed by atoms with E-state index in [1.165, 1.54) is 7.11 Å². The van der Waals surface area contributed by atoms with Crippen molar-refractivity contribution >= 4 is 23.5 Å². The first kappa shape index (κ1) is 17.9. The van der Waals surface area contributed by atoms with Crippen LogP contribution < -0.4 is 10.6 Å². The third-order valence-corrected chi connectivity index (χ3v) is 3.75. The van der Waals surface area contributed by atoms with Gasteiger partial charge in [0.05, 0.1) is 13.2 Å². The van der Waals surface area contributed by atoms with Gasteiger partial charge in [0, 0.05) is 24.3 Å². The zero-order valence-corrected chi connectivity index (χ0v) is 13.7. The Bertz CT molecular complexity index is 596. The number of carbonyl (C=O) groups excluding carboxylic acids is 3. The molecule has 2 rings (SSSR count).